The first-order chi connectivity index (χ1) is 6.50. The van der Waals surface area contributed by atoms with Crippen molar-refractivity contribution in [3.63, 3.8) is 0 Å². The van der Waals surface area contributed by atoms with Gasteiger partial charge in [0.15, 0.2) is 0 Å². The molecule has 3 nitrogen and oxygen atoms in total. The van der Waals surface area contributed by atoms with E-state index in [0.717, 1.165) is 25.2 Å². The zero-order valence-corrected chi connectivity index (χ0v) is 9.19. The average molecular weight is 200 g/mol. The normalized spacial score (nSPS) is 35.0. The van der Waals surface area contributed by atoms with Gasteiger partial charge in [0.25, 0.3) is 0 Å². The lowest BCUT2D eigenvalue weighted by molar-refractivity contribution is -0.181. The van der Waals surface area contributed by atoms with Crippen molar-refractivity contribution in [2.45, 2.75) is 46.3 Å². The maximum Gasteiger partial charge on any atom is 0.304 e. The van der Waals surface area contributed by atoms with Crippen LogP contribution in [0.15, 0.2) is 0 Å². The molecule has 0 aliphatic heterocycles. The fraction of sp³-hybridized carbons (Fsp3) is 0.909. The Labute approximate surface area is 85.5 Å². The van der Waals surface area contributed by atoms with E-state index in [-0.39, 0.29) is 5.92 Å². The van der Waals surface area contributed by atoms with Crippen molar-refractivity contribution < 1.29 is 14.6 Å². The van der Waals surface area contributed by atoms with Gasteiger partial charge >= 0.3 is 5.97 Å². The van der Waals surface area contributed by atoms with Crippen molar-refractivity contribution in [1.29, 1.82) is 0 Å². The monoisotopic (exact) mass is 200 g/mol. The average Bonchev–Trinajstić information content (AvgIpc) is 2.01. The molecule has 1 N–H and O–H groups in total. The van der Waals surface area contributed by atoms with E-state index < -0.39 is 12.3 Å². The molecule has 0 amide bonds. The summed E-state index contributed by atoms with van der Waals surface area (Å²) in [6.45, 7) is 5.68. The van der Waals surface area contributed by atoms with Crippen LogP contribution < -0.4 is 0 Å². The Morgan fingerprint density at radius 2 is 2.07 bits per heavy atom. The van der Waals surface area contributed by atoms with E-state index in [1.807, 2.05) is 0 Å². The largest absolute Gasteiger partial charge is 0.436 e. The Kier molecular flexibility index (Phi) is 3.93. The van der Waals surface area contributed by atoms with Gasteiger partial charge in [-0.15, -0.1) is 0 Å². The summed E-state index contributed by atoms with van der Waals surface area (Å²) in [4.78, 5) is 10.7. The van der Waals surface area contributed by atoms with Crippen molar-refractivity contribution in [2.75, 3.05) is 0 Å². The molecule has 0 saturated heterocycles. The summed E-state index contributed by atoms with van der Waals surface area (Å²) in [7, 11) is 0. The molecule has 0 radical (unpaired) electrons. The number of carbonyl (C=O) groups excluding carboxylic acids is 1. The molecule has 82 valence electrons. The first-order valence-corrected chi connectivity index (χ1v) is 5.36. The van der Waals surface area contributed by atoms with Crippen LogP contribution in [-0.4, -0.2) is 17.4 Å². The standard InChI is InChI=1S/C11H20O3/c1-7-4-5-10(8(2)6-7)11(13)14-9(3)12/h7-8,10-11,13H,4-6H2,1-3H3. The third-order valence-corrected chi connectivity index (χ3v) is 3.15. The van der Waals surface area contributed by atoms with Crippen molar-refractivity contribution in [1.82, 2.24) is 0 Å². The molecule has 0 bridgehead atoms. The van der Waals surface area contributed by atoms with Crippen LogP contribution in [0.2, 0.25) is 0 Å². The van der Waals surface area contributed by atoms with Crippen LogP contribution in [0.4, 0.5) is 0 Å². The molecule has 1 aliphatic rings. The van der Waals surface area contributed by atoms with Crippen molar-refractivity contribution >= 4 is 5.97 Å². The molecule has 0 spiro atoms. The van der Waals surface area contributed by atoms with Crippen LogP contribution >= 0.6 is 0 Å². The third kappa shape index (κ3) is 2.98. The van der Waals surface area contributed by atoms with Crippen LogP contribution in [0, 0.1) is 17.8 Å². The summed E-state index contributed by atoms with van der Waals surface area (Å²) in [5.74, 6) is 0.886. The Bertz CT molecular complexity index is 203. The van der Waals surface area contributed by atoms with Gasteiger partial charge in [-0.25, -0.2) is 0 Å². The number of carbonyl (C=O) groups is 1. The Hall–Kier alpha value is -0.570. The minimum atomic E-state index is -0.907. The maximum atomic E-state index is 10.7. The smallest absolute Gasteiger partial charge is 0.304 e. The van der Waals surface area contributed by atoms with Gasteiger partial charge in [-0.2, -0.15) is 0 Å². The third-order valence-electron chi connectivity index (χ3n) is 3.15. The molecule has 4 unspecified atom stereocenters. The minimum Gasteiger partial charge on any atom is -0.436 e. The van der Waals surface area contributed by atoms with Crippen LogP contribution in [0.3, 0.4) is 0 Å². The van der Waals surface area contributed by atoms with E-state index in [4.69, 9.17) is 4.74 Å². The highest BCUT2D eigenvalue weighted by atomic mass is 16.6. The number of hydrogen-bond donors (Lipinski definition) is 1. The number of esters is 1. The molecule has 1 rings (SSSR count). The summed E-state index contributed by atoms with van der Waals surface area (Å²) >= 11 is 0. The van der Waals surface area contributed by atoms with Crippen molar-refractivity contribution in [3.05, 3.63) is 0 Å². The summed E-state index contributed by atoms with van der Waals surface area (Å²) in [5, 5.41) is 9.66. The predicted molar refractivity (Wildman–Crippen MR) is 53.4 cm³/mol. The summed E-state index contributed by atoms with van der Waals surface area (Å²) in [5.41, 5.74) is 0. The van der Waals surface area contributed by atoms with Gasteiger partial charge < -0.3 is 9.84 Å². The molecule has 1 saturated carbocycles. The zero-order chi connectivity index (χ0) is 10.7. The molecule has 0 aromatic carbocycles. The topological polar surface area (TPSA) is 46.5 Å². The van der Waals surface area contributed by atoms with E-state index in [9.17, 15) is 9.90 Å². The van der Waals surface area contributed by atoms with Crippen LogP contribution in [0.1, 0.15) is 40.0 Å². The van der Waals surface area contributed by atoms with Gasteiger partial charge in [-0.05, 0) is 24.7 Å². The molecule has 14 heavy (non-hydrogen) atoms. The van der Waals surface area contributed by atoms with Crippen molar-refractivity contribution in [3.8, 4) is 0 Å². The fourth-order valence-corrected chi connectivity index (χ4v) is 2.37. The Balaban J connectivity index is 2.46. The van der Waals surface area contributed by atoms with Crippen LogP contribution in [-0.2, 0) is 9.53 Å². The summed E-state index contributed by atoms with van der Waals surface area (Å²) in [6.07, 6.45) is 2.28. The molecule has 0 heterocycles. The van der Waals surface area contributed by atoms with Gasteiger partial charge in [0.2, 0.25) is 6.29 Å². The molecular formula is C11H20O3. The first-order valence-electron chi connectivity index (χ1n) is 5.36. The molecular weight excluding hydrogens is 180 g/mol. The summed E-state index contributed by atoms with van der Waals surface area (Å²) in [6, 6.07) is 0. The highest BCUT2D eigenvalue weighted by molar-refractivity contribution is 5.66. The van der Waals surface area contributed by atoms with Crippen LogP contribution in [0.5, 0.6) is 0 Å². The minimum absolute atomic E-state index is 0.120. The number of aliphatic hydroxyl groups is 1. The van der Waals surface area contributed by atoms with Gasteiger partial charge in [-0.3, -0.25) is 4.79 Å². The van der Waals surface area contributed by atoms with Crippen molar-refractivity contribution in [2.24, 2.45) is 17.8 Å². The number of hydrogen-bond acceptors (Lipinski definition) is 3. The Morgan fingerprint density at radius 1 is 1.43 bits per heavy atom. The number of ether oxygens (including phenoxy) is 1. The van der Waals surface area contributed by atoms with Gasteiger partial charge in [0.05, 0.1) is 0 Å². The van der Waals surface area contributed by atoms with E-state index in [1.165, 1.54) is 6.92 Å². The second-order valence-corrected chi connectivity index (χ2v) is 4.56. The lowest BCUT2D eigenvalue weighted by atomic mass is 9.75. The van der Waals surface area contributed by atoms with E-state index >= 15 is 0 Å². The lowest BCUT2D eigenvalue weighted by Gasteiger charge is -2.34. The fourth-order valence-electron chi connectivity index (χ4n) is 2.37. The molecule has 1 aliphatic carbocycles. The number of aliphatic hydroxyl groups excluding tert-OH is 1. The first kappa shape index (κ1) is 11.5. The molecule has 0 aromatic heterocycles. The molecule has 1 fully saturated rings. The maximum absolute atomic E-state index is 10.7. The predicted octanol–water partition coefficient (Wildman–Crippen LogP) is 1.94. The number of rotatable bonds is 2. The SMILES string of the molecule is CC(=O)OC(O)C1CCC(C)CC1C. The van der Waals surface area contributed by atoms with Crippen LogP contribution in [0.25, 0.3) is 0 Å². The highest BCUT2D eigenvalue weighted by Gasteiger charge is 2.32. The van der Waals surface area contributed by atoms with E-state index in [0.29, 0.717) is 5.92 Å². The highest BCUT2D eigenvalue weighted by Crippen LogP contribution is 2.35. The van der Waals surface area contributed by atoms with Gasteiger partial charge in [-0.1, -0.05) is 20.3 Å². The summed E-state index contributed by atoms with van der Waals surface area (Å²) < 4.78 is 4.81. The van der Waals surface area contributed by atoms with E-state index in [1.54, 1.807) is 0 Å². The molecule has 3 heteroatoms. The van der Waals surface area contributed by atoms with Gasteiger partial charge in [0.1, 0.15) is 0 Å². The second kappa shape index (κ2) is 4.78. The second-order valence-electron chi connectivity index (χ2n) is 4.56. The molecule has 0 aromatic rings. The van der Waals surface area contributed by atoms with E-state index in [2.05, 4.69) is 13.8 Å². The quantitative estimate of drug-likeness (QED) is 0.547. The van der Waals surface area contributed by atoms with Gasteiger partial charge in [0, 0.05) is 12.8 Å². The Morgan fingerprint density at radius 3 is 2.57 bits per heavy atom. The molecule has 4 atom stereocenters. The zero-order valence-electron chi connectivity index (χ0n) is 9.19. The lowest BCUT2D eigenvalue weighted by Crippen LogP contribution is -2.34.